The molecule has 0 fully saturated rings. The monoisotopic (exact) mass is 478 g/mol. The van der Waals surface area contributed by atoms with Crippen LogP contribution < -0.4 is 5.48 Å². The van der Waals surface area contributed by atoms with E-state index in [1.54, 1.807) is 13.8 Å². The van der Waals surface area contributed by atoms with Crippen LogP contribution in [0.2, 0.25) is 0 Å². The van der Waals surface area contributed by atoms with Crippen LogP contribution in [0.15, 0.2) is 30.5 Å². The minimum absolute atomic E-state index is 0.0517. The SMILES string of the molecule is CC(C)(O)C(C)(C)ONc1cnc(-c2ccc3c(c2)C(C)(C)C(C)(C)C3(C)C)cc1C(F)(F)F. The number of nitrogens with zero attached hydrogens (tertiary/aromatic N) is 1. The van der Waals surface area contributed by atoms with Gasteiger partial charge in [0.2, 0.25) is 0 Å². The fraction of sp³-hybridized carbons (Fsp3) is 0.593. The van der Waals surface area contributed by atoms with E-state index < -0.39 is 22.9 Å². The van der Waals surface area contributed by atoms with E-state index >= 15 is 0 Å². The summed E-state index contributed by atoms with van der Waals surface area (Å²) in [5.74, 6) is 0. The third-order valence-corrected chi connectivity index (χ3v) is 8.89. The van der Waals surface area contributed by atoms with E-state index in [1.807, 2.05) is 18.2 Å². The molecule has 3 rings (SSSR count). The molecule has 0 aliphatic heterocycles. The van der Waals surface area contributed by atoms with Crippen molar-refractivity contribution in [3.05, 3.63) is 47.2 Å². The normalized spacial score (nSPS) is 19.1. The van der Waals surface area contributed by atoms with Crippen molar-refractivity contribution in [3.8, 4) is 11.3 Å². The molecule has 0 atom stereocenters. The van der Waals surface area contributed by atoms with Gasteiger partial charge in [-0.1, -0.05) is 53.7 Å². The summed E-state index contributed by atoms with van der Waals surface area (Å²) in [4.78, 5) is 9.78. The number of hydrogen-bond donors (Lipinski definition) is 2. The fourth-order valence-corrected chi connectivity index (χ4v) is 4.46. The molecule has 188 valence electrons. The van der Waals surface area contributed by atoms with Crippen LogP contribution in [0.1, 0.15) is 85.9 Å². The summed E-state index contributed by atoms with van der Waals surface area (Å²) in [5.41, 5.74) is 1.64. The van der Waals surface area contributed by atoms with Gasteiger partial charge >= 0.3 is 6.18 Å². The number of nitrogens with one attached hydrogen (secondary N) is 1. The molecule has 2 N–H and O–H groups in total. The average Bonchev–Trinajstić information content (AvgIpc) is 2.79. The second kappa shape index (κ2) is 7.69. The molecular formula is C27H37F3N2O2. The maximum absolute atomic E-state index is 14.0. The molecule has 7 heteroatoms. The number of aliphatic hydroxyl groups is 1. The minimum Gasteiger partial charge on any atom is -0.387 e. The summed E-state index contributed by atoms with van der Waals surface area (Å²) in [6.07, 6.45) is -3.49. The Kier molecular flexibility index (Phi) is 5.99. The predicted octanol–water partition coefficient (Wildman–Crippen LogP) is 7.26. The highest BCUT2D eigenvalue weighted by atomic mass is 19.4. The standard InChI is InChI=1S/C27H37F3N2O2/c1-22(2)17-12-11-16(13-18(17)23(3,4)24(22,5)6)20-14-19(27(28,29)30)21(15-31-20)32-34-26(9,10)25(7,8)33/h11-15,32-33H,1-10H3. The van der Waals surface area contributed by atoms with Gasteiger partial charge < -0.3 is 5.11 Å². The van der Waals surface area contributed by atoms with Crippen molar-refractivity contribution < 1.29 is 23.1 Å². The molecule has 1 aromatic carbocycles. The maximum atomic E-state index is 14.0. The van der Waals surface area contributed by atoms with Crippen molar-refractivity contribution in [1.29, 1.82) is 0 Å². The lowest BCUT2D eigenvalue weighted by Gasteiger charge is -2.44. The summed E-state index contributed by atoms with van der Waals surface area (Å²) >= 11 is 0. The number of fused-ring (bicyclic) bond motifs is 1. The first-order valence-corrected chi connectivity index (χ1v) is 11.5. The molecular weight excluding hydrogens is 441 g/mol. The van der Waals surface area contributed by atoms with Crippen molar-refractivity contribution in [3.63, 3.8) is 0 Å². The van der Waals surface area contributed by atoms with Gasteiger partial charge in [0.25, 0.3) is 0 Å². The van der Waals surface area contributed by atoms with Crippen molar-refractivity contribution in [2.75, 3.05) is 5.48 Å². The second-order valence-electron chi connectivity index (χ2n) is 12.0. The third kappa shape index (κ3) is 4.01. The van der Waals surface area contributed by atoms with Crippen molar-refractivity contribution in [2.24, 2.45) is 5.41 Å². The van der Waals surface area contributed by atoms with Crippen LogP contribution in [0.3, 0.4) is 0 Å². The smallest absolute Gasteiger partial charge is 0.387 e. The van der Waals surface area contributed by atoms with Crippen molar-refractivity contribution in [1.82, 2.24) is 4.98 Å². The molecule has 1 heterocycles. The molecule has 0 bridgehead atoms. The Morgan fingerprint density at radius 1 is 0.882 bits per heavy atom. The van der Waals surface area contributed by atoms with Gasteiger partial charge in [-0.2, -0.15) is 13.2 Å². The first-order chi connectivity index (χ1) is 15.1. The van der Waals surface area contributed by atoms with E-state index in [9.17, 15) is 18.3 Å². The van der Waals surface area contributed by atoms with E-state index in [4.69, 9.17) is 4.84 Å². The Bertz CT molecular complexity index is 1090. The van der Waals surface area contributed by atoms with E-state index in [1.165, 1.54) is 19.4 Å². The lowest BCUT2D eigenvalue weighted by molar-refractivity contribution is -0.140. The molecule has 1 aliphatic rings. The van der Waals surface area contributed by atoms with Crippen LogP contribution in [0, 0.1) is 5.41 Å². The highest BCUT2D eigenvalue weighted by Gasteiger charge is 2.56. The number of hydrogen-bond acceptors (Lipinski definition) is 4. The number of rotatable bonds is 5. The van der Waals surface area contributed by atoms with Crippen LogP contribution in [0.25, 0.3) is 11.3 Å². The van der Waals surface area contributed by atoms with E-state index in [0.717, 1.165) is 17.8 Å². The molecule has 1 aromatic heterocycles. The third-order valence-electron chi connectivity index (χ3n) is 8.89. The Balaban J connectivity index is 2.05. The summed E-state index contributed by atoms with van der Waals surface area (Å²) in [7, 11) is 0. The molecule has 0 amide bonds. The number of benzene rings is 1. The molecule has 0 saturated carbocycles. The second-order valence-corrected chi connectivity index (χ2v) is 12.0. The zero-order valence-electron chi connectivity index (χ0n) is 21.8. The molecule has 2 aromatic rings. The molecule has 0 unspecified atom stereocenters. The number of halogens is 3. The lowest BCUT2D eigenvalue weighted by atomic mass is 9.59. The Morgan fingerprint density at radius 2 is 1.44 bits per heavy atom. The fourth-order valence-electron chi connectivity index (χ4n) is 4.46. The van der Waals surface area contributed by atoms with Crippen molar-refractivity contribution >= 4 is 5.69 Å². The highest BCUT2D eigenvalue weighted by Crippen LogP contribution is 2.61. The molecule has 0 radical (unpaired) electrons. The molecule has 1 aliphatic carbocycles. The van der Waals surface area contributed by atoms with Gasteiger partial charge in [-0.15, -0.1) is 0 Å². The van der Waals surface area contributed by atoms with Crippen LogP contribution in [-0.2, 0) is 21.8 Å². The first kappa shape index (κ1) is 26.5. The average molecular weight is 479 g/mol. The van der Waals surface area contributed by atoms with Gasteiger partial charge in [0.05, 0.1) is 28.7 Å². The number of aromatic nitrogens is 1. The van der Waals surface area contributed by atoms with Crippen molar-refractivity contribution in [2.45, 2.75) is 97.4 Å². The number of alkyl halides is 3. The van der Waals surface area contributed by atoms with Gasteiger partial charge in [0.1, 0.15) is 5.60 Å². The summed E-state index contributed by atoms with van der Waals surface area (Å²) in [6, 6.07) is 6.90. The number of anilines is 1. The van der Waals surface area contributed by atoms with Crippen LogP contribution in [-0.4, -0.2) is 21.3 Å². The van der Waals surface area contributed by atoms with E-state index in [0.29, 0.717) is 5.56 Å². The lowest BCUT2D eigenvalue weighted by Crippen LogP contribution is -2.48. The Morgan fingerprint density at radius 3 is 1.97 bits per heavy atom. The van der Waals surface area contributed by atoms with Crippen LogP contribution in [0.4, 0.5) is 18.9 Å². The van der Waals surface area contributed by atoms with Crippen LogP contribution >= 0.6 is 0 Å². The van der Waals surface area contributed by atoms with Crippen LogP contribution in [0.5, 0.6) is 0 Å². The number of pyridine rings is 1. The zero-order chi connectivity index (χ0) is 26.1. The van der Waals surface area contributed by atoms with Gasteiger partial charge in [-0.25, -0.2) is 0 Å². The molecule has 4 nitrogen and oxygen atoms in total. The maximum Gasteiger partial charge on any atom is 0.418 e. The molecule has 0 saturated heterocycles. The summed E-state index contributed by atoms with van der Waals surface area (Å²) in [6.45, 7) is 19.5. The zero-order valence-corrected chi connectivity index (χ0v) is 21.8. The van der Waals surface area contributed by atoms with Gasteiger partial charge in [-0.05, 0) is 67.2 Å². The Labute approximate surface area is 200 Å². The first-order valence-electron chi connectivity index (χ1n) is 11.5. The predicted molar refractivity (Wildman–Crippen MR) is 130 cm³/mol. The molecule has 0 spiro atoms. The van der Waals surface area contributed by atoms with E-state index in [2.05, 4.69) is 52.0 Å². The van der Waals surface area contributed by atoms with Gasteiger partial charge in [0.15, 0.2) is 0 Å². The quantitative estimate of drug-likeness (QED) is 0.444. The van der Waals surface area contributed by atoms with Gasteiger partial charge in [0, 0.05) is 5.56 Å². The molecule has 34 heavy (non-hydrogen) atoms. The Hall–Kier alpha value is -2.12. The van der Waals surface area contributed by atoms with Gasteiger partial charge in [-0.3, -0.25) is 15.3 Å². The summed E-state index contributed by atoms with van der Waals surface area (Å²) in [5, 5.41) is 10.2. The summed E-state index contributed by atoms with van der Waals surface area (Å²) < 4.78 is 41.9. The largest absolute Gasteiger partial charge is 0.418 e. The van der Waals surface area contributed by atoms with E-state index in [-0.39, 0.29) is 27.6 Å². The topological polar surface area (TPSA) is 54.4 Å². The highest BCUT2D eigenvalue weighted by molar-refractivity contribution is 5.67. The minimum atomic E-state index is -4.62.